The Morgan fingerprint density at radius 2 is 1.71 bits per heavy atom. The predicted octanol–water partition coefficient (Wildman–Crippen LogP) is 3.60. The Bertz CT molecular complexity index is 933. The van der Waals surface area contributed by atoms with Crippen LogP contribution in [0.3, 0.4) is 0 Å². The van der Waals surface area contributed by atoms with Gasteiger partial charge < -0.3 is 19.0 Å². The first-order valence-electron chi connectivity index (χ1n) is 10.2. The molecular formula is C22H29BN2O3. The molecule has 2 aliphatic rings. The summed E-state index contributed by atoms with van der Waals surface area (Å²) < 4.78 is 15.0. The topological polar surface area (TPSA) is 67.4 Å². The van der Waals surface area contributed by atoms with Gasteiger partial charge in [-0.15, -0.1) is 0 Å². The highest BCUT2D eigenvalue weighted by atomic mass is 16.7. The Morgan fingerprint density at radius 3 is 2.29 bits per heavy atom. The molecule has 1 aliphatic heterocycles. The average Bonchev–Trinajstić information content (AvgIpc) is 3.08. The summed E-state index contributed by atoms with van der Waals surface area (Å²) in [5, 5.41) is 20.5. The quantitative estimate of drug-likeness (QED) is 0.809. The SMILES string of the molecule is Cc1cc2c(cc1C#N)c(B1OC(C)(C)C(C)(C)O1)cn2C1CCC(O)CC1. The van der Waals surface area contributed by atoms with E-state index in [0.717, 1.165) is 47.6 Å². The van der Waals surface area contributed by atoms with Crippen LogP contribution in [0.4, 0.5) is 0 Å². The molecular weight excluding hydrogens is 351 g/mol. The van der Waals surface area contributed by atoms with Crippen LogP contribution in [0.25, 0.3) is 10.9 Å². The minimum atomic E-state index is -0.461. The minimum Gasteiger partial charge on any atom is -0.399 e. The van der Waals surface area contributed by atoms with Crippen molar-refractivity contribution in [1.29, 1.82) is 5.26 Å². The summed E-state index contributed by atoms with van der Waals surface area (Å²) in [5.41, 5.74) is 2.93. The smallest absolute Gasteiger partial charge is 0.399 e. The van der Waals surface area contributed by atoms with Gasteiger partial charge in [0, 0.05) is 28.6 Å². The van der Waals surface area contributed by atoms with Crippen molar-refractivity contribution in [3.8, 4) is 6.07 Å². The zero-order valence-corrected chi connectivity index (χ0v) is 17.5. The molecule has 0 amide bonds. The molecule has 0 spiro atoms. The summed E-state index contributed by atoms with van der Waals surface area (Å²) in [6, 6.07) is 6.73. The average molecular weight is 380 g/mol. The maximum absolute atomic E-state index is 9.91. The molecule has 28 heavy (non-hydrogen) atoms. The molecule has 0 radical (unpaired) electrons. The molecule has 0 bridgehead atoms. The summed E-state index contributed by atoms with van der Waals surface area (Å²) >= 11 is 0. The van der Waals surface area contributed by atoms with E-state index in [-0.39, 0.29) is 6.10 Å². The number of rotatable bonds is 2. The van der Waals surface area contributed by atoms with E-state index in [1.54, 1.807) is 0 Å². The number of aromatic nitrogens is 1. The van der Waals surface area contributed by atoms with E-state index in [9.17, 15) is 10.4 Å². The van der Waals surface area contributed by atoms with Gasteiger partial charge in [0.1, 0.15) is 0 Å². The second-order valence-corrected chi connectivity index (χ2v) is 9.34. The van der Waals surface area contributed by atoms with E-state index >= 15 is 0 Å². The van der Waals surface area contributed by atoms with Crippen molar-refractivity contribution >= 4 is 23.5 Å². The Morgan fingerprint density at radius 1 is 1.11 bits per heavy atom. The number of nitriles is 1. The van der Waals surface area contributed by atoms with Crippen LogP contribution in [-0.2, 0) is 9.31 Å². The number of hydrogen-bond donors (Lipinski definition) is 1. The van der Waals surface area contributed by atoms with Gasteiger partial charge in [0.15, 0.2) is 0 Å². The van der Waals surface area contributed by atoms with Crippen LogP contribution in [0.5, 0.6) is 0 Å². The first-order valence-corrected chi connectivity index (χ1v) is 10.2. The number of aliphatic hydroxyl groups is 1. The van der Waals surface area contributed by atoms with Crippen LogP contribution in [-0.4, -0.2) is 34.1 Å². The highest BCUT2D eigenvalue weighted by molar-refractivity contribution is 6.65. The minimum absolute atomic E-state index is 0.187. The highest BCUT2D eigenvalue weighted by Crippen LogP contribution is 2.38. The molecule has 5 nitrogen and oxygen atoms in total. The number of benzene rings is 1. The van der Waals surface area contributed by atoms with Crippen molar-refractivity contribution in [2.45, 2.75) is 83.6 Å². The van der Waals surface area contributed by atoms with Crippen LogP contribution in [0.1, 0.15) is 70.5 Å². The molecule has 148 valence electrons. The van der Waals surface area contributed by atoms with Crippen molar-refractivity contribution in [2.75, 3.05) is 0 Å². The lowest BCUT2D eigenvalue weighted by atomic mass is 9.78. The molecule has 1 saturated carbocycles. The van der Waals surface area contributed by atoms with E-state index in [1.165, 1.54) is 0 Å². The number of hydrogen-bond acceptors (Lipinski definition) is 4. The van der Waals surface area contributed by atoms with Crippen LogP contribution in [0.15, 0.2) is 18.3 Å². The Kier molecular flexibility index (Phi) is 4.61. The molecule has 6 heteroatoms. The monoisotopic (exact) mass is 380 g/mol. The standard InChI is InChI=1S/C22H29BN2O3/c1-14-10-20-18(11-15(14)12-24)19(23-27-21(2,3)22(4,5)28-23)13-25(20)16-6-8-17(26)9-7-16/h10-11,13,16-17,26H,6-9H2,1-5H3. The number of fused-ring (bicyclic) bond motifs is 1. The van der Waals surface area contributed by atoms with Crippen molar-refractivity contribution in [3.63, 3.8) is 0 Å². The lowest BCUT2D eigenvalue weighted by molar-refractivity contribution is 0.00578. The summed E-state index contributed by atoms with van der Waals surface area (Å²) in [6.07, 6.45) is 5.51. The van der Waals surface area contributed by atoms with E-state index in [1.807, 2.05) is 13.0 Å². The third-order valence-corrected chi connectivity index (χ3v) is 6.90. The number of nitrogens with zero attached hydrogens (tertiary/aromatic N) is 2. The van der Waals surface area contributed by atoms with E-state index in [4.69, 9.17) is 9.31 Å². The molecule has 0 atom stereocenters. The molecule has 1 saturated heterocycles. The molecule has 1 aromatic carbocycles. The molecule has 0 unspecified atom stereocenters. The number of aliphatic hydroxyl groups excluding tert-OH is 1. The molecule has 2 heterocycles. The zero-order valence-electron chi connectivity index (χ0n) is 17.5. The van der Waals surface area contributed by atoms with Crippen LogP contribution >= 0.6 is 0 Å². The van der Waals surface area contributed by atoms with Crippen molar-refractivity contribution in [1.82, 2.24) is 4.57 Å². The van der Waals surface area contributed by atoms with Crippen LogP contribution in [0, 0.1) is 18.3 Å². The van der Waals surface area contributed by atoms with E-state index in [0.29, 0.717) is 11.6 Å². The largest absolute Gasteiger partial charge is 0.497 e. The molecule has 2 fully saturated rings. The third-order valence-electron chi connectivity index (χ3n) is 6.90. The van der Waals surface area contributed by atoms with Gasteiger partial charge in [-0.2, -0.15) is 5.26 Å². The van der Waals surface area contributed by atoms with Gasteiger partial charge in [-0.3, -0.25) is 0 Å². The van der Waals surface area contributed by atoms with Gasteiger partial charge in [0.25, 0.3) is 0 Å². The van der Waals surface area contributed by atoms with Crippen LogP contribution in [0.2, 0.25) is 0 Å². The summed E-state index contributed by atoms with van der Waals surface area (Å²) in [5.74, 6) is 0. The lowest BCUT2D eigenvalue weighted by Crippen LogP contribution is -2.41. The fraction of sp³-hybridized carbons (Fsp3) is 0.591. The van der Waals surface area contributed by atoms with E-state index in [2.05, 4.69) is 50.6 Å². The fourth-order valence-corrected chi connectivity index (χ4v) is 4.34. The van der Waals surface area contributed by atoms with Gasteiger partial charge in [0.2, 0.25) is 0 Å². The maximum atomic E-state index is 9.91. The second-order valence-electron chi connectivity index (χ2n) is 9.34. The zero-order chi connectivity index (χ0) is 20.3. The molecule has 1 N–H and O–H groups in total. The maximum Gasteiger partial charge on any atom is 0.497 e. The van der Waals surface area contributed by atoms with Gasteiger partial charge in [0.05, 0.1) is 28.9 Å². The Balaban J connectivity index is 1.84. The van der Waals surface area contributed by atoms with Crippen molar-refractivity contribution < 1.29 is 14.4 Å². The fourth-order valence-electron chi connectivity index (χ4n) is 4.34. The normalized spacial score (nSPS) is 26.5. The third kappa shape index (κ3) is 3.06. The Labute approximate surface area is 167 Å². The second kappa shape index (κ2) is 6.62. The molecule has 1 aliphatic carbocycles. The van der Waals surface area contributed by atoms with Gasteiger partial charge in [-0.25, -0.2) is 0 Å². The van der Waals surface area contributed by atoms with Gasteiger partial charge in [-0.05, 0) is 78.0 Å². The first kappa shape index (κ1) is 19.5. The molecule has 2 aromatic rings. The van der Waals surface area contributed by atoms with Crippen molar-refractivity contribution in [2.24, 2.45) is 0 Å². The van der Waals surface area contributed by atoms with Gasteiger partial charge >= 0.3 is 7.12 Å². The summed E-state index contributed by atoms with van der Waals surface area (Å²) in [6.45, 7) is 10.2. The first-order chi connectivity index (χ1) is 13.1. The molecule has 4 rings (SSSR count). The van der Waals surface area contributed by atoms with Gasteiger partial charge in [-0.1, -0.05) is 0 Å². The summed E-state index contributed by atoms with van der Waals surface area (Å²) in [7, 11) is -0.461. The lowest BCUT2D eigenvalue weighted by Gasteiger charge is -2.32. The van der Waals surface area contributed by atoms with E-state index < -0.39 is 18.3 Å². The Hall–Kier alpha value is -1.81. The van der Waals surface area contributed by atoms with Crippen molar-refractivity contribution in [3.05, 3.63) is 29.5 Å². The number of aryl methyl sites for hydroxylation is 1. The summed E-state index contributed by atoms with van der Waals surface area (Å²) in [4.78, 5) is 0. The van der Waals surface area contributed by atoms with Crippen LogP contribution < -0.4 is 5.46 Å². The molecule has 1 aromatic heterocycles. The predicted molar refractivity (Wildman–Crippen MR) is 111 cm³/mol. The highest BCUT2D eigenvalue weighted by Gasteiger charge is 2.52.